The van der Waals surface area contributed by atoms with Crippen molar-refractivity contribution >= 4 is 40.7 Å². The van der Waals surface area contributed by atoms with Crippen LogP contribution in [0.1, 0.15) is 35.7 Å². The molecule has 0 saturated heterocycles. The summed E-state index contributed by atoms with van der Waals surface area (Å²) in [7, 11) is 0. The Balaban J connectivity index is 1.92. The van der Waals surface area contributed by atoms with Crippen LogP contribution in [0.3, 0.4) is 0 Å². The van der Waals surface area contributed by atoms with Gasteiger partial charge in [0.25, 0.3) is 5.91 Å². The zero-order valence-corrected chi connectivity index (χ0v) is 14.9. The fraction of sp³-hybridized carbons (Fsp3) is 0.222. The highest BCUT2D eigenvalue weighted by Crippen LogP contribution is 2.22. The van der Waals surface area contributed by atoms with Gasteiger partial charge in [0, 0.05) is 11.3 Å². The first kappa shape index (κ1) is 18.3. The minimum Gasteiger partial charge on any atom is -0.343 e. The van der Waals surface area contributed by atoms with Gasteiger partial charge in [-0.3, -0.25) is 9.59 Å². The summed E-state index contributed by atoms with van der Waals surface area (Å²) >= 11 is 11.7. The predicted molar refractivity (Wildman–Crippen MR) is 98.0 cm³/mol. The van der Waals surface area contributed by atoms with Gasteiger partial charge >= 0.3 is 0 Å². The maximum Gasteiger partial charge on any atom is 0.251 e. The lowest BCUT2D eigenvalue weighted by Gasteiger charge is -2.10. The number of benzene rings is 2. The number of nitrogens with one attached hydrogen (secondary N) is 2. The molecule has 0 aliphatic rings. The molecule has 24 heavy (non-hydrogen) atoms. The molecule has 0 aromatic heterocycles. The van der Waals surface area contributed by atoms with Crippen LogP contribution in [0.5, 0.6) is 0 Å². The number of carbonyl (C=O) groups excluding carboxylic acids is 2. The lowest BCUT2D eigenvalue weighted by atomic mass is 10.0. The number of rotatable bonds is 5. The Bertz CT molecular complexity index is 760. The minimum absolute atomic E-state index is 0.134. The van der Waals surface area contributed by atoms with Crippen LogP contribution in [-0.4, -0.2) is 18.4 Å². The predicted octanol–water partition coefficient (Wildman–Crippen LogP) is 4.49. The zero-order valence-electron chi connectivity index (χ0n) is 13.4. The molecule has 0 radical (unpaired) electrons. The van der Waals surface area contributed by atoms with Gasteiger partial charge in [-0.2, -0.15) is 0 Å². The number of carbonyl (C=O) groups is 2. The van der Waals surface area contributed by atoms with E-state index in [0.29, 0.717) is 27.2 Å². The highest BCUT2D eigenvalue weighted by atomic mass is 35.5. The minimum atomic E-state index is -0.389. The second kappa shape index (κ2) is 8.18. The Morgan fingerprint density at radius 3 is 2.46 bits per heavy atom. The SMILES string of the molecule is CC(C)c1cccc(NC(=O)CNC(=O)c2ccc(Cl)c(Cl)c2)c1. The van der Waals surface area contributed by atoms with E-state index in [2.05, 4.69) is 24.5 Å². The van der Waals surface area contributed by atoms with Crippen LogP contribution >= 0.6 is 23.2 Å². The molecule has 0 aliphatic carbocycles. The molecule has 0 aliphatic heterocycles. The largest absolute Gasteiger partial charge is 0.343 e. The zero-order chi connectivity index (χ0) is 17.7. The fourth-order valence-electron chi connectivity index (χ4n) is 2.08. The van der Waals surface area contributed by atoms with Crippen molar-refractivity contribution in [1.29, 1.82) is 0 Å². The van der Waals surface area contributed by atoms with Gasteiger partial charge < -0.3 is 10.6 Å². The summed E-state index contributed by atoms with van der Waals surface area (Å²) in [5, 5.41) is 5.98. The fourth-order valence-corrected chi connectivity index (χ4v) is 2.38. The van der Waals surface area contributed by atoms with E-state index >= 15 is 0 Å². The van der Waals surface area contributed by atoms with E-state index < -0.39 is 0 Å². The van der Waals surface area contributed by atoms with E-state index in [-0.39, 0.29) is 18.4 Å². The summed E-state index contributed by atoms with van der Waals surface area (Å²) in [6, 6.07) is 12.2. The Kier molecular flexibility index (Phi) is 6.23. The van der Waals surface area contributed by atoms with Gasteiger partial charge in [-0.05, 0) is 41.8 Å². The van der Waals surface area contributed by atoms with E-state index in [4.69, 9.17) is 23.2 Å². The second-order valence-corrected chi connectivity index (χ2v) is 6.45. The molecule has 0 heterocycles. The molecule has 0 spiro atoms. The van der Waals surface area contributed by atoms with Gasteiger partial charge in [-0.1, -0.05) is 49.2 Å². The Labute approximate surface area is 151 Å². The Morgan fingerprint density at radius 2 is 1.79 bits per heavy atom. The van der Waals surface area contributed by atoms with Crippen molar-refractivity contribution in [2.75, 3.05) is 11.9 Å². The van der Waals surface area contributed by atoms with E-state index in [1.807, 2.05) is 24.3 Å². The summed E-state index contributed by atoms with van der Waals surface area (Å²) in [5.41, 5.74) is 2.18. The summed E-state index contributed by atoms with van der Waals surface area (Å²) in [4.78, 5) is 24.0. The molecule has 0 saturated carbocycles. The number of hydrogen-bond donors (Lipinski definition) is 2. The van der Waals surface area contributed by atoms with Gasteiger partial charge in [0.15, 0.2) is 0 Å². The van der Waals surface area contributed by atoms with E-state index in [1.54, 1.807) is 6.07 Å². The molecule has 0 unspecified atom stereocenters. The smallest absolute Gasteiger partial charge is 0.251 e. The first-order valence-electron chi connectivity index (χ1n) is 7.50. The van der Waals surface area contributed by atoms with Gasteiger partial charge in [-0.15, -0.1) is 0 Å². The molecule has 0 bridgehead atoms. The number of amides is 2. The third-order valence-electron chi connectivity index (χ3n) is 3.43. The van der Waals surface area contributed by atoms with Crippen LogP contribution in [0.15, 0.2) is 42.5 Å². The monoisotopic (exact) mass is 364 g/mol. The van der Waals surface area contributed by atoms with Crippen LogP contribution in [0.2, 0.25) is 10.0 Å². The first-order chi connectivity index (χ1) is 11.4. The molecular formula is C18H18Cl2N2O2. The second-order valence-electron chi connectivity index (χ2n) is 5.64. The summed E-state index contributed by atoms with van der Waals surface area (Å²) in [6.45, 7) is 4.03. The standard InChI is InChI=1S/C18H18Cl2N2O2/c1-11(2)12-4-3-5-14(8-12)22-17(23)10-21-18(24)13-6-7-15(19)16(20)9-13/h3-9,11H,10H2,1-2H3,(H,21,24)(H,22,23). The number of anilines is 1. The maximum atomic E-state index is 12.0. The van der Waals surface area contributed by atoms with Crippen LogP contribution in [0.4, 0.5) is 5.69 Å². The molecule has 2 aromatic rings. The number of halogens is 2. The van der Waals surface area contributed by atoms with Crippen molar-refractivity contribution in [3.8, 4) is 0 Å². The van der Waals surface area contributed by atoms with E-state index in [1.165, 1.54) is 12.1 Å². The molecule has 2 amide bonds. The highest BCUT2D eigenvalue weighted by molar-refractivity contribution is 6.42. The quantitative estimate of drug-likeness (QED) is 0.821. The summed E-state index contributed by atoms with van der Waals surface area (Å²) in [5.74, 6) is -0.319. The van der Waals surface area contributed by atoms with E-state index in [9.17, 15) is 9.59 Å². The van der Waals surface area contributed by atoms with Crippen LogP contribution < -0.4 is 10.6 Å². The van der Waals surface area contributed by atoms with Crippen molar-refractivity contribution in [3.05, 3.63) is 63.6 Å². The van der Waals surface area contributed by atoms with Crippen molar-refractivity contribution < 1.29 is 9.59 Å². The van der Waals surface area contributed by atoms with Crippen LogP contribution in [0, 0.1) is 0 Å². The van der Waals surface area contributed by atoms with Crippen LogP contribution in [0.25, 0.3) is 0 Å². The number of hydrogen-bond acceptors (Lipinski definition) is 2. The van der Waals surface area contributed by atoms with Gasteiger partial charge in [0.1, 0.15) is 0 Å². The molecule has 0 fully saturated rings. The van der Waals surface area contributed by atoms with Crippen molar-refractivity contribution in [1.82, 2.24) is 5.32 Å². The molecule has 126 valence electrons. The average Bonchev–Trinajstić information content (AvgIpc) is 2.55. The third kappa shape index (κ3) is 4.98. The summed E-state index contributed by atoms with van der Waals surface area (Å²) in [6.07, 6.45) is 0. The Morgan fingerprint density at radius 1 is 1.04 bits per heavy atom. The topological polar surface area (TPSA) is 58.2 Å². The van der Waals surface area contributed by atoms with Gasteiger partial charge in [0.05, 0.1) is 16.6 Å². The van der Waals surface area contributed by atoms with Gasteiger partial charge in [-0.25, -0.2) is 0 Å². The molecular weight excluding hydrogens is 347 g/mol. The molecule has 0 atom stereocenters. The molecule has 4 nitrogen and oxygen atoms in total. The van der Waals surface area contributed by atoms with Crippen molar-refractivity contribution in [3.63, 3.8) is 0 Å². The molecule has 6 heteroatoms. The maximum absolute atomic E-state index is 12.0. The lowest BCUT2D eigenvalue weighted by Crippen LogP contribution is -2.32. The van der Waals surface area contributed by atoms with E-state index in [0.717, 1.165) is 5.56 Å². The Hall–Kier alpha value is -2.04. The highest BCUT2D eigenvalue weighted by Gasteiger charge is 2.10. The normalized spacial score (nSPS) is 10.5. The lowest BCUT2D eigenvalue weighted by molar-refractivity contribution is -0.115. The average molecular weight is 365 g/mol. The van der Waals surface area contributed by atoms with Crippen molar-refractivity contribution in [2.24, 2.45) is 0 Å². The van der Waals surface area contributed by atoms with Gasteiger partial charge in [0.2, 0.25) is 5.91 Å². The molecule has 2 aromatic carbocycles. The molecule has 2 rings (SSSR count). The van der Waals surface area contributed by atoms with Crippen LogP contribution in [-0.2, 0) is 4.79 Å². The third-order valence-corrected chi connectivity index (χ3v) is 4.17. The molecule has 2 N–H and O–H groups in total. The summed E-state index contributed by atoms with van der Waals surface area (Å²) < 4.78 is 0. The first-order valence-corrected chi connectivity index (χ1v) is 8.25. The van der Waals surface area contributed by atoms with Crippen molar-refractivity contribution in [2.45, 2.75) is 19.8 Å².